The lowest BCUT2D eigenvalue weighted by atomic mass is 10.1. The van der Waals surface area contributed by atoms with E-state index < -0.39 is 15.9 Å². The third-order valence-electron chi connectivity index (χ3n) is 4.28. The van der Waals surface area contributed by atoms with Crippen molar-refractivity contribution in [2.45, 2.75) is 32.1 Å². The van der Waals surface area contributed by atoms with Crippen LogP contribution in [0.5, 0.6) is 0 Å². The molecule has 0 unspecified atom stereocenters. The second-order valence-corrected chi connectivity index (χ2v) is 8.93. The summed E-state index contributed by atoms with van der Waals surface area (Å²) in [7, 11) is -3.88. The van der Waals surface area contributed by atoms with Gasteiger partial charge in [0.25, 0.3) is 15.9 Å². The van der Waals surface area contributed by atoms with Gasteiger partial charge in [0, 0.05) is 10.9 Å². The Morgan fingerprint density at radius 2 is 1.82 bits per heavy atom. The molecular formula is C20H21N3O3S2. The van der Waals surface area contributed by atoms with E-state index in [1.54, 1.807) is 31.4 Å². The van der Waals surface area contributed by atoms with Gasteiger partial charge in [-0.3, -0.25) is 10.2 Å². The number of carbonyl (C=O) groups is 1. The molecule has 1 aromatic heterocycles. The number of thiazole rings is 1. The predicted octanol–water partition coefficient (Wildman–Crippen LogP) is 3.61. The smallest absolute Gasteiger partial charge is 0.272 e. The van der Waals surface area contributed by atoms with Crippen LogP contribution in [-0.2, 0) is 16.4 Å². The number of hydrazine groups is 1. The topological polar surface area (TPSA) is 88.2 Å². The number of sulfonamides is 1. The van der Waals surface area contributed by atoms with Gasteiger partial charge < -0.3 is 0 Å². The van der Waals surface area contributed by atoms with Crippen molar-refractivity contribution in [2.75, 3.05) is 0 Å². The monoisotopic (exact) mass is 415 g/mol. The molecule has 0 radical (unpaired) electrons. The molecule has 0 saturated carbocycles. The summed E-state index contributed by atoms with van der Waals surface area (Å²) in [6.45, 7) is 5.59. The Hall–Kier alpha value is -2.55. The normalized spacial score (nSPS) is 11.4. The lowest BCUT2D eigenvalue weighted by Gasteiger charge is -2.10. The molecular weight excluding hydrogens is 394 g/mol. The van der Waals surface area contributed by atoms with E-state index in [0.717, 1.165) is 17.5 Å². The van der Waals surface area contributed by atoms with E-state index in [2.05, 4.69) is 22.2 Å². The molecule has 0 bridgehead atoms. The number of amides is 1. The number of hydrogen-bond acceptors (Lipinski definition) is 5. The highest BCUT2D eigenvalue weighted by atomic mass is 32.2. The van der Waals surface area contributed by atoms with Crippen molar-refractivity contribution in [3.8, 4) is 10.6 Å². The number of aromatic nitrogens is 1. The van der Waals surface area contributed by atoms with Crippen LogP contribution in [0.4, 0.5) is 0 Å². The maximum atomic E-state index is 12.5. The van der Waals surface area contributed by atoms with E-state index in [-0.39, 0.29) is 10.6 Å². The molecule has 0 saturated heterocycles. The van der Waals surface area contributed by atoms with Crippen LogP contribution in [-0.4, -0.2) is 19.3 Å². The van der Waals surface area contributed by atoms with Crippen molar-refractivity contribution in [3.05, 3.63) is 70.2 Å². The Kier molecular flexibility index (Phi) is 5.93. The van der Waals surface area contributed by atoms with Crippen LogP contribution in [0.15, 0.2) is 52.7 Å². The average Bonchev–Trinajstić information content (AvgIpc) is 3.18. The molecule has 2 aromatic carbocycles. The first-order valence-corrected chi connectivity index (χ1v) is 11.1. The van der Waals surface area contributed by atoms with E-state index in [1.165, 1.54) is 16.9 Å². The molecule has 3 aromatic rings. The molecule has 0 aliphatic carbocycles. The van der Waals surface area contributed by atoms with Gasteiger partial charge in [-0.05, 0) is 43.0 Å². The highest BCUT2D eigenvalue weighted by molar-refractivity contribution is 7.89. The summed E-state index contributed by atoms with van der Waals surface area (Å²) in [6, 6.07) is 13.1. The molecule has 1 amide bonds. The van der Waals surface area contributed by atoms with Gasteiger partial charge in [-0.25, -0.2) is 13.4 Å². The van der Waals surface area contributed by atoms with E-state index in [1.807, 2.05) is 30.3 Å². The van der Waals surface area contributed by atoms with Crippen LogP contribution in [0.1, 0.15) is 34.1 Å². The molecule has 3 rings (SSSR count). The Morgan fingerprint density at radius 3 is 2.50 bits per heavy atom. The zero-order valence-corrected chi connectivity index (χ0v) is 17.4. The van der Waals surface area contributed by atoms with Gasteiger partial charge in [0.2, 0.25) is 0 Å². The van der Waals surface area contributed by atoms with Gasteiger partial charge in [-0.15, -0.1) is 16.2 Å². The van der Waals surface area contributed by atoms with Crippen LogP contribution >= 0.6 is 11.3 Å². The quantitative estimate of drug-likeness (QED) is 0.602. The molecule has 1 heterocycles. The van der Waals surface area contributed by atoms with Crippen molar-refractivity contribution < 1.29 is 13.2 Å². The third kappa shape index (κ3) is 4.46. The lowest BCUT2D eigenvalue weighted by Crippen LogP contribution is -2.41. The summed E-state index contributed by atoms with van der Waals surface area (Å²) in [5.74, 6) is -0.610. The maximum Gasteiger partial charge on any atom is 0.285 e. The fourth-order valence-electron chi connectivity index (χ4n) is 2.62. The molecule has 0 atom stereocenters. The van der Waals surface area contributed by atoms with E-state index in [0.29, 0.717) is 10.6 Å². The van der Waals surface area contributed by atoms with Crippen LogP contribution in [0.2, 0.25) is 0 Å². The second kappa shape index (κ2) is 8.22. The average molecular weight is 416 g/mol. The van der Waals surface area contributed by atoms with Crippen molar-refractivity contribution >= 4 is 27.3 Å². The number of nitrogens with one attached hydrogen (secondary N) is 2. The summed E-state index contributed by atoms with van der Waals surface area (Å²) >= 11 is 1.33. The largest absolute Gasteiger partial charge is 0.285 e. The maximum absolute atomic E-state index is 12.5. The summed E-state index contributed by atoms with van der Waals surface area (Å²) in [6.07, 6.45) is 0.951. The Morgan fingerprint density at radius 1 is 1.11 bits per heavy atom. The minimum Gasteiger partial charge on any atom is -0.272 e. The number of hydrogen-bond donors (Lipinski definition) is 2. The lowest BCUT2D eigenvalue weighted by molar-refractivity contribution is 0.0941. The van der Waals surface area contributed by atoms with E-state index >= 15 is 0 Å². The SMILES string of the molecule is CCc1ccc(-c2nc(C(=O)NNS(=O)(=O)c3cc(C)ccc3C)cs2)cc1. The number of benzene rings is 2. The van der Waals surface area contributed by atoms with Crippen molar-refractivity contribution in [1.29, 1.82) is 0 Å². The summed E-state index contributed by atoms with van der Waals surface area (Å²) < 4.78 is 25.0. The number of carbonyl (C=O) groups excluding carboxylic acids is 1. The van der Waals surface area contributed by atoms with Gasteiger partial charge in [0.05, 0.1) is 4.90 Å². The second-order valence-electron chi connectivity index (χ2n) is 6.42. The summed E-state index contributed by atoms with van der Waals surface area (Å²) in [5.41, 5.74) is 5.94. The van der Waals surface area contributed by atoms with Crippen LogP contribution in [0.25, 0.3) is 10.6 Å². The molecule has 0 aliphatic rings. The summed E-state index contributed by atoms with van der Waals surface area (Å²) in [4.78, 5) is 18.9. The van der Waals surface area contributed by atoms with Gasteiger partial charge >= 0.3 is 0 Å². The van der Waals surface area contributed by atoms with Crippen molar-refractivity contribution in [2.24, 2.45) is 0 Å². The van der Waals surface area contributed by atoms with Gasteiger partial charge in [-0.1, -0.05) is 43.3 Å². The minimum absolute atomic E-state index is 0.128. The number of aryl methyl sites for hydroxylation is 3. The van der Waals surface area contributed by atoms with Gasteiger partial charge in [0.15, 0.2) is 0 Å². The molecule has 28 heavy (non-hydrogen) atoms. The Labute approximate surface area is 168 Å². The Bertz CT molecular complexity index is 1100. The zero-order chi connectivity index (χ0) is 20.3. The standard InChI is InChI=1S/C20H21N3O3S2/c1-4-15-7-9-16(10-8-15)20-21-17(12-27-20)19(24)22-23-28(25,26)18-11-13(2)5-6-14(18)3/h5-12,23H,4H2,1-3H3,(H,22,24). The predicted molar refractivity (Wildman–Crippen MR) is 111 cm³/mol. The Balaban J connectivity index is 1.71. The molecule has 2 N–H and O–H groups in total. The zero-order valence-electron chi connectivity index (χ0n) is 15.8. The van der Waals surface area contributed by atoms with Crippen LogP contribution < -0.4 is 10.3 Å². The first kappa shape index (κ1) is 20.2. The molecule has 8 heteroatoms. The van der Waals surface area contributed by atoms with Crippen LogP contribution in [0.3, 0.4) is 0 Å². The van der Waals surface area contributed by atoms with E-state index in [9.17, 15) is 13.2 Å². The summed E-state index contributed by atoms with van der Waals surface area (Å²) in [5, 5.41) is 2.30. The molecule has 0 aliphatic heterocycles. The molecule has 0 spiro atoms. The van der Waals surface area contributed by atoms with Crippen LogP contribution in [0, 0.1) is 13.8 Å². The minimum atomic E-state index is -3.88. The first-order valence-electron chi connectivity index (χ1n) is 8.74. The third-order valence-corrected chi connectivity index (χ3v) is 6.56. The fraction of sp³-hybridized carbons (Fsp3) is 0.200. The number of nitrogens with zero attached hydrogens (tertiary/aromatic N) is 1. The van der Waals surface area contributed by atoms with Gasteiger partial charge in [-0.2, -0.15) is 0 Å². The van der Waals surface area contributed by atoms with Gasteiger partial charge in [0.1, 0.15) is 10.7 Å². The fourth-order valence-corrected chi connectivity index (χ4v) is 4.60. The first-order chi connectivity index (χ1) is 13.3. The molecule has 6 nitrogen and oxygen atoms in total. The highest BCUT2D eigenvalue weighted by Gasteiger charge is 2.19. The molecule has 146 valence electrons. The van der Waals surface area contributed by atoms with Crippen molar-refractivity contribution in [3.63, 3.8) is 0 Å². The van der Waals surface area contributed by atoms with E-state index in [4.69, 9.17) is 0 Å². The highest BCUT2D eigenvalue weighted by Crippen LogP contribution is 2.24. The van der Waals surface area contributed by atoms with Crippen molar-refractivity contribution in [1.82, 2.24) is 15.2 Å². The number of rotatable bonds is 6. The molecule has 0 fully saturated rings.